The molecule has 31 heavy (non-hydrogen) atoms. The number of hydrogen-bond acceptors (Lipinski definition) is 8. The van der Waals surface area contributed by atoms with Crippen LogP contribution in [-0.2, 0) is 11.2 Å². The topological polar surface area (TPSA) is 124 Å². The third-order valence-corrected chi connectivity index (χ3v) is 4.88. The molecule has 4 heterocycles. The molecule has 1 aliphatic rings. The third-order valence-electron chi connectivity index (χ3n) is 4.88. The van der Waals surface area contributed by atoms with Crippen molar-refractivity contribution in [1.29, 1.82) is 0 Å². The Balaban J connectivity index is 1.55. The number of pyridine rings is 1. The van der Waals surface area contributed by atoms with Crippen molar-refractivity contribution in [3.05, 3.63) is 30.5 Å². The van der Waals surface area contributed by atoms with Gasteiger partial charge in [-0.05, 0) is 39.2 Å². The molecular weight excluding hydrogens is 400 g/mol. The van der Waals surface area contributed by atoms with Gasteiger partial charge < -0.3 is 14.4 Å². The molecule has 164 valence electrons. The van der Waals surface area contributed by atoms with E-state index in [-0.39, 0.29) is 12.0 Å². The fraction of sp³-hybridized carbons (Fsp3) is 0.500. The van der Waals surface area contributed by atoms with Crippen LogP contribution in [0.1, 0.15) is 33.0 Å². The zero-order chi connectivity index (χ0) is 22.0. The van der Waals surface area contributed by atoms with Gasteiger partial charge >= 0.3 is 6.09 Å². The Morgan fingerprint density at radius 3 is 2.77 bits per heavy atom. The summed E-state index contributed by atoms with van der Waals surface area (Å²) in [4.78, 5) is 27.3. The van der Waals surface area contributed by atoms with Gasteiger partial charge in [-0.3, -0.25) is 5.10 Å². The summed E-state index contributed by atoms with van der Waals surface area (Å²) in [7, 11) is 1.57. The molecule has 0 aromatic carbocycles. The molecule has 3 aromatic rings. The van der Waals surface area contributed by atoms with Crippen LogP contribution in [-0.4, -0.2) is 71.7 Å². The predicted octanol–water partition coefficient (Wildman–Crippen LogP) is 2.26. The number of aromatic amines is 1. The van der Waals surface area contributed by atoms with Gasteiger partial charge in [-0.15, -0.1) is 5.10 Å². The summed E-state index contributed by atoms with van der Waals surface area (Å²) >= 11 is 0. The van der Waals surface area contributed by atoms with E-state index >= 15 is 0 Å². The summed E-state index contributed by atoms with van der Waals surface area (Å²) in [6.07, 6.45) is 4.33. The van der Waals surface area contributed by atoms with Gasteiger partial charge in [0.05, 0.1) is 19.0 Å². The number of nitrogens with zero attached hydrogens (tertiary/aromatic N) is 7. The Kier molecular flexibility index (Phi) is 5.57. The molecule has 0 aliphatic carbocycles. The van der Waals surface area contributed by atoms with E-state index in [2.05, 4.69) is 30.2 Å². The Morgan fingerprint density at radius 2 is 2.13 bits per heavy atom. The molecule has 0 bridgehead atoms. The van der Waals surface area contributed by atoms with Crippen molar-refractivity contribution < 1.29 is 14.3 Å². The van der Waals surface area contributed by atoms with Crippen LogP contribution in [0.25, 0.3) is 17.3 Å². The lowest BCUT2D eigenvalue weighted by molar-refractivity contribution is 0.0288. The minimum Gasteiger partial charge on any atom is -0.481 e. The first kappa shape index (κ1) is 20.8. The van der Waals surface area contributed by atoms with Crippen LogP contribution in [0.4, 0.5) is 4.79 Å². The molecule has 1 fully saturated rings. The molecule has 1 amide bonds. The summed E-state index contributed by atoms with van der Waals surface area (Å²) in [5.41, 5.74) is 0.249. The number of likely N-dealkylation sites (tertiary alicyclic amines) is 1. The van der Waals surface area contributed by atoms with Gasteiger partial charge in [0.1, 0.15) is 17.8 Å². The SMILES string of the molecule is COc1ccc(-n2nc(-c3ncn[nH]3)nc2C[C@@H]2CCN(C(=O)OC(C)(C)C)C2)cn1. The standard InChI is InChI=1S/C20H26N8O3/c1-20(2,3)31-19(29)27-8-7-13(11-27)9-15-24-18(17-22-12-23-25-17)26-28(15)14-5-6-16(30-4)21-10-14/h5-6,10,12-13H,7-9,11H2,1-4H3,(H,22,23,25)/t13-/m0/s1. The number of carbonyl (C=O) groups is 1. The van der Waals surface area contributed by atoms with Crippen LogP contribution in [0.5, 0.6) is 5.88 Å². The lowest BCUT2D eigenvalue weighted by atomic mass is 10.0. The van der Waals surface area contributed by atoms with Gasteiger partial charge in [-0.1, -0.05) is 0 Å². The largest absolute Gasteiger partial charge is 0.481 e. The Hall–Kier alpha value is -3.50. The van der Waals surface area contributed by atoms with Crippen molar-refractivity contribution in [2.45, 2.75) is 39.2 Å². The zero-order valence-electron chi connectivity index (χ0n) is 18.1. The second-order valence-electron chi connectivity index (χ2n) is 8.44. The molecule has 0 saturated carbocycles. The highest BCUT2D eigenvalue weighted by Gasteiger charge is 2.31. The average Bonchev–Trinajstić information content (AvgIpc) is 3.48. The number of amides is 1. The highest BCUT2D eigenvalue weighted by Crippen LogP contribution is 2.25. The predicted molar refractivity (Wildman–Crippen MR) is 111 cm³/mol. The monoisotopic (exact) mass is 426 g/mol. The van der Waals surface area contributed by atoms with Crippen LogP contribution < -0.4 is 4.74 Å². The van der Waals surface area contributed by atoms with Crippen molar-refractivity contribution in [1.82, 2.24) is 39.8 Å². The maximum absolute atomic E-state index is 12.4. The summed E-state index contributed by atoms with van der Waals surface area (Å²) < 4.78 is 12.4. The van der Waals surface area contributed by atoms with Crippen molar-refractivity contribution in [3.63, 3.8) is 0 Å². The van der Waals surface area contributed by atoms with Gasteiger partial charge in [-0.2, -0.15) is 5.10 Å². The lowest BCUT2D eigenvalue weighted by Crippen LogP contribution is -2.35. The number of carbonyl (C=O) groups excluding carboxylic acids is 1. The Labute approximate surface area is 179 Å². The molecule has 0 unspecified atom stereocenters. The number of aromatic nitrogens is 7. The maximum atomic E-state index is 12.4. The number of rotatable bonds is 5. The van der Waals surface area contributed by atoms with Crippen LogP contribution in [0.15, 0.2) is 24.7 Å². The lowest BCUT2D eigenvalue weighted by Gasteiger charge is -2.24. The molecule has 1 N–H and O–H groups in total. The summed E-state index contributed by atoms with van der Waals surface area (Å²) in [6, 6.07) is 3.64. The number of ether oxygens (including phenoxy) is 2. The van der Waals surface area contributed by atoms with E-state index in [1.165, 1.54) is 6.33 Å². The highest BCUT2D eigenvalue weighted by atomic mass is 16.6. The number of nitrogens with one attached hydrogen (secondary N) is 1. The molecule has 1 saturated heterocycles. The fourth-order valence-electron chi connectivity index (χ4n) is 3.47. The van der Waals surface area contributed by atoms with Gasteiger partial charge in [0.25, 0.3) is 0 Å². The molecule has 1 aliphatic heterocycles. The first-order chi connectivity index (χ1) is 14.8. The van der Waals surface area contributed by atoms with Crippen LogP contribution in [0.3, 0.4) is 0 Å². The average molecular weight is 426 g/mol. The van der Waals surface area contributed by atoms with Gasteiger partial charge in [0, 0.05) is 25.6 Å². The molecule has 11 heteroatoms. The van der Waals surface area contributed by atoms with E-state index in [4.69, 9.17) is 9.47 Å². The van der Waals surface area contributed by atoms with Crippen molar-refractivity contribution in [2.75, 3.05) is 20.2 Å². The second-order valence-corrected chi connectivity index (χ2v) is 8.44. The fourth-order valence-corrected chi connectivity index (χ4v) is 3.47. The van der Waals surface area contributed by atoms with Gasteiger partial charge in [0.15, 0.2) is 5.82 Å². The van der Waals surface area contributed by atoms with Crippen LogP contribution in [0.2, 0.25) is 0 Å². The zero-order valence-corrected chi connectivity index (χ0v) is 18.1. The quantitative estimate of drug-likeness (QED) is 0.659. The molecule has 3 aromatic heterocycles. The van der Waals surface area contributed by atoms with E-state index < -0.39 is 5.60 Å². The summed E-state index contributed by atoms with van der Waals surface area (Å²) in [5.74, 6) is 2.46. The Morgan fingerprint density at radius 1 is 1.29 bits per heavy atom. The number of H-pyrrole nitrogens is 1. The van der Waals surface area contributed by atoms with Crippen LogP contribution >= 0.6 is 0 Å². The van der Waals surface area contributed by atoms with Crippen molar-refractivity contribution in [2.24, 2.45) is 5.92 Å². The van der Waals surface area contributed by atoms with Crippen molar-refractivity contribution >= 4 is 6.09 Å². The second kappa shape index (κ2) is 8.32. The Bertz CT molecular complexity index is 1020. The smallest absolute Gasteiger partial charge is 0.410 e. The molecule has 11 nitrogen and oxygen atoms in total. The number of methoxy groups -OCH3 is 1. The number of hydrogen-bond donors (Lipinski definition) is 1. The normalized spacial score (nSPS) is 16.5. The first-order valence-corrected chi connectivity index (χ1v) is 10.1. The molecule has 4 rings (SSSR count). The molecular formula is C20H26N8O3. The van der Waals surface area contributed by atoms with E-state index in [9.17, 15) is 4.79 Å². The summed E-state index contributed by atoms with van der Waals surface area (Å²) in [5, 5.41) is 11.3. The molecule has 0 spiro atoms. The van der Waals surface area contributed by atoms with E-state index in [0.717, 1.165) is 17.9 Å². The minimum absolute atomic E-state index is 0.240. The first-order valence-electron chi connectivity index (χ1n) is 10.1. The van der Waals surface area contributed by atoms with Crippen molar-refractivity contribution in [3.8, 4) is 23.2 Å². The highest BCUT2D eigenvalue weighted by molar-refractivity contribution is 5.68. The van der Waals surface area contributed by atoms with E-state index in [0.29, 0.717) is 37.0 Å². The minimum atomic E-state index is -0.511. The molecule has 1 atom stereocenters. The van der Waals surface area contributed by atoms with E-state index in [1.807, 2.05) is 26.8 Å². The maximum Gasteiger partial charge on any atom is 0.410 e. The van der Waals surface area contributed by atoms with Gasteiger partial charge in [-0.25, -0.2) is 24.4 Å². The van der Waals surface area contributed by atoms with Gasteiger partial charge in [0.2, 0.25) is 11.7 Å². The van der Waals surface area contributed by atoms with E-state index in [1.54, 1.807) is 29.0 Å². The van der Waals surface area contributed by atoms with Crippen LogP contribution in [0, 0.1) is 5.92 Å². The summed E-state index contributed by atoms with van der Waals surface area (Å²) in [6.45, 7) is 6.88. The molecule has 0 radical (unpaired) electrons. The third kappa shape index (κ3) is 4.81.